The van der Waals surface area contributed by atoms with Crippen LogP contribution in [0.2, 0.25) is 0 Å². The van der Waals surface area contributed by atoms with Crippen LogP contribution in [0.15, 0.2) is 6.20 Å². The lowest BCUT2D eigenvalue weighted by Crippen LogP contribution is -2.14. The van der Waals surface area contributed by atoms with Crippen molar-refractivity contribution < 1.29 is 4.79 Å². The number of amides is 1. The molecule has 6 heteroatoms. The third-order valence-electron chi connectivity index (χ3n) is 3.43. The minimum atomic E-state index is 0. The van der Waals surface area contributed by atoms with Crippen LogP contribution in [-0.2, 0) is 10.2 Å². The molecule has 0 bridgehead atoms. The SMILES string of the molecule is CC(C)(C)c1cnc(NC(=O)CCC2CCNC2)s1.Cl. The molecule has 2 rings (SSSR count). The molecule has 0 aliphatic carbocycles. The van der Waals surface area contributed by atoms with E-state index in [4.69, 9.17) is 0 Å². The standard InChI is InChI=1S/C14H23N3OS.ClH/c1-14(2,3)11-9-16-13(19-11)17-12(18)5-4-10-6-7-15-8-10;/h9-10,15H,4-8H2,1-3H3,(H,16,17,18);1H. The van der Waals surface area contributed by atoms with Gasteiger partial charge in [0.2, 0.25) is 5.91 Å². The number of carbonyl (C=O) groups excluding carboxylic acids is 1. The number of hydrogen-bond acceptors (Lipinski definition) is 4. The lowest BCUT2D eigenvalue weighted by molar-refractivity contribution is -0.116. The number of hydrogen-bond donors (Lipinski definition) is 2. The van der Waals surface area contributed by atoms with Crippen LogP contribution in [0.25, 0.3) is 0 Å². The van der Waals surface area contributed by atoms with Crippen LogP contribution in [0.5, 0.6) is 0 Å². The molecule has 20 heavy (non-hydrogen) atoms. The Kier molecular flexibility index (Phi) is 6.43. The van der Waals surface area contributed by atoms with Gasteiger partial charge in [-0.05, 0) is 37.3 Å². The molecule has 1 unspecified atom stereocenters. The average molecular weight is 318 g/mol. The second kappa shape index (κ2) is 7.38. The Morgan fingerprint density at radius 3 is 2.85 bits per heavy atom. The Hall–Kier alpha value is -0.650. The van der Waals surface area contributed by atoms with Crippen molar-refractivity contribution in [2.75, 3.05) is 18.4 Å². The molecule has 1 aromatic heterocycles. The van der Waals surface area contributed by atoms with Gasteiger partial charge in [0.25, 0.3) is 0 Å². The first kappa shape index (κ1) is 17.4. The highest BCUT2D eigenvalue weighted by Gasteiger charge is 2.19. The van der Waals surface area contributed by atoms with Crippen molar-refractivity contribution in [3.8, 4) is 0 Å². The molecular formula is C14H24ClN3OS. The highest BCUT2D eigenvalue weighted by Crippen LogP contribution is 2.30. The van der Waals surface area contributed by atoms with Crippen molar-refractivity contribution in [2.24, 2.45) is 5.92 Å². The Morgan fingerprint density at radius 2 is 2.30 bits per heavy atom. The summed E-state index contributed by atoms with van der Waals surface area (Å²) in [6.07, 6.45) is 4.62. The highest BCUT2D eigenvalue weighted by molar-refractivity contribution is 7.15. The van der Waals surface area contributed by atoms with Crippen LogP contribution in [0, 0.1) is 5.92 Å². The maximum absolute atomic E-state index is 11.9. The van der Waals surface area contributed by atoms with E-state index in [9.17, 15) is 4.79 Å². The molecule has 1 amide bonds. The average Bonchev–Trinajstić information content (AvgIpc) is 2.95. The second-order valence-corrected chi connectivity index (χ2v) is 7.26. The summed E-state index contributed by atoms with van der Waals surface area (Å²) < 4.78 is 0. The minimum absolute atomic E-state index is 0. The molecule has 2 heterocycles. The smallest absolute Gasteiger partial charge is 0.226 e. The van der Waals surface area contributed by atoms with E-state index < -0.39 is 0 Å². The summed E-state index contributed by atoms with van der Waals surface area (Å²) >= 11 is 1.57. The number of halogens is 1. The zero-order valence-electron chi connectivity index (χ0n) is 12.4. The van der Waals surface area contributed by atoms with E-state index in [1.54, 1.807) is 11.3 Å². The Morgan fingerprint density at radius 1 is 1.55 bits per heavy atom. The van der Waals surface area contributed by atoms with Crippen LogP contribution in [0.4, 0.5) is 5.13 Å². The lowest BCUT2D eigenvalue weighted by atomic mass is 9.96. The van der Waals surface area contributed by atoms with Crippen LogP contribution in [0.1, 0.15) is 44.9 Å². The van der Waals surface area contributed by atoms with Crippen molar-refractivity contribution in [1.82, 2.24) is 10.3 Å². The van der Waals surface area contributed by atoms with Gasteiger partial charge < -0.3 is 10.6 Å². The number of aromatic nitrogens is 1. The molecule has 1 aliphatic rings. The fourth-order valence-corrected chi connectivity index (χ4v) is 3.05. The van der Waals surface area contributed by atoms with E-state index in [1.807, 2.05) is 6.20 Å². The quantitative estimate of drug-likeness (QED) is 0.896. The maximum atomic E-state index is 11.9. The van der Waals surface area contributed by atoms with E-state index in [0.717, 1.165) is 24.6 Å². The van der Waals surface area contributed by atoms with Gasteiger partial charge in [0, 0.05) is 17.5 Å². The van der Waals surface area contributed by atoms with Gasteiger partial charge >= 0.3 is 0 Å². The second-order valence-electron chi connectivity index (χ2n) is 6.23. The molecule has 0 radical (unpaired) electrons. The molecule has 0 saturated carbocycles. The number of nitrogens with zero attached hydrogens (tertiary/aromatic N) is 1. The minimum Gasteiger partial charge on any atom is -0.316 e. The monoisotopic (exact) mass is 317 g/mol. The molecule has 4 nitrogen and oxygen atoms in total. The first-order chi connectivity index (χ1) is 8.95. The van der Waals surface area contributed by atoms with Gasteiger partial charge in [-0.2, -0.15) is 0 Å². The first-order valence-corrected chi connectivity index (χ1v) is 7.73. The van der Waals surface area contributed by atoms with E-state index in [-0.39, 0.29) is 23.7 Å². The predicted octanol–water partition coefficient (Wildman–Crippen LogP) is 3.19. The van der Waals surface area contributed by atoms with Gasteiger partial charge in [-0.25, -0.2) is 4.98 Å². The van der Waals surface area contributed by atoms with Crippen LogP contribution >= 0.6 is 23.7 Å². The third-order valence-corrected chi connectivity index (χ3v) is 4.77. The Balaban J connectivity index is 0.00000200. The van der Waals surface area contributed by atoms with Crippen molar-refractivity contribution in [3.05, 3.63) is 11.1 Å². The van der Waals surface area contributed by atoms with Gasteiger partial charge in [-0.15, -0.1) is 23.7 Å². The third kappa shape index (κ3) is 5.04. The summed E-state index contributed by atoms with van der Waals surface area (Å²) in [4.78, 5) is 17.3. The van der Waals surface area contributed by atoms with Crippen molar-refractivity contribution in [2.45, 2.75) is 45.4 Å². The molecule has 1 fully saturated rings. The summed E-state index contributed by atoms with van der Waals surface area (Å²) in [6.45, 7) is 8.60. The van der Waals surface area contributed by atoms with Gasteiger partial charge in [0.15, 0.2) is 5.13 Å². The molecule has 0 aromatic carbocycles. The number of carbonyl (C=O) groups is 1. The van der Waals surface area contributed by atoms with E-state index in [0.29, 0.717) is 12.3 Å². The molecule has 1 aromatic rings. The van der Waals surface area contributed by atoms with Crippen molar-refractivity contribution >= 4 is 34.8 Å². The van der Waals surface area contributed by atoms with E-state index in [2.05, 4.69) is 36.4 Å². The zero-order chi connectivity index (χ0) is 13.9. The maximum Gasteiger partial charge on any atom is 0.226 e. The summed E-state index contributed by atoms with van der Waals surface area (Å²) in [5, 5.41) is 6.95. The summed E-state index contributed by atoms with van der Waals surface area (Å²) in [5.41, 5.74) is 0.0934. The van der Waals surface area contributed by atoms with E-state index >= 15 is 0 Å². The Bertz CT molecular complexity index is 436. The van der Waals surface area contributed by atoms with Gasteiger partial charge in [-0.3, -0.25) is 4.79 Å². The molecule has 0 spiro atoms. The topological polar surface area (TPSA) is 54.0 Å². The first-order valence-electron chi connectivity index (χ1n) is 6.92. The van der Waals surface area contributed by atoms with Crippen molar-refractivity contribution in [1.29, 1.82) is 0 Å². The fourth-order valence-electron chi connectivity index (χ4n) is 2.16. The molecule has 2 N–H and O–H groups in total. The Labute approximate surface area is 131 Å². The van der Waals surface area contributed by atoms with E-state index in [1.165, 1.54) is 11.3 Å². The fraction of sp³-hybridized carbons (Fsp3) is 0.714. The molecule has 1 saturated heterocycles. The predicted molar refractivity (Wildman–Crippen MR) is 86.9 cm³/mol. The number of anilines is 1. The summed E-state index contributed by atoms with van der Waals surface area (Å²) in [6, 6.07) is 0. The molecule has 1 aliphatic heterocycles. The van der Waals surface area contributed by atoms with Gasteiger partial charge in [0.1, 0.15) is 0 Å². The van der Waals surface area contributed by atoms with Crippen molar-refractivity contribution in [3.63, 3.8) is 0 Å². The number of rotatable bonds is 4. The van der Waals surface area contributed by atoms with Gasteiger partial charge in [0.05, 0.1) is 0 Å². The summed E-state index contributed by atoms with van der Waals surface area (Å²) in [5.74, 6) is 0.744. The normalized spacial score (nSPS) is 18.6. The summed E-state index contributed by atoms with van der Waals surface area (Å²) in [7, 11) is 0. The van der Waals surface area contributed by atoms with Crippen LogP contribution in [-0.4, -0.2) is 24.0 Å². The molecular weight excluding hydrogens is 294 g/mol. The number of nitrogens with one attached hydrogen (secondary N) is 2. The van der Waals surface area contributed by atoms with Crippen LogP contribution in [0.3, 0.4) is 0 Å². The largest absolute Gasteiger partial charge is 0.316 e. The van der Waals surface area contributed by atoms with Gasteiger partial charge in [-0.1, -0.05) is 20.8 Å². The molecule has 114 valence electrons. The van der Waals surface area contributed by atoms with Crippen LogP contribution < -0.4 is 10.6 Å². The lowest BCUT2D eigenvalue weighted by Gasteiger charge is -2.14. The number of thiazole rings is 1. The molecule has 1 atom stereocenters. The zero-order valence-corrected chi connectivity index (χ0v) is 14.0. The highest BCUT2D eigenvalue weighted by atomic mass is 35.5.